The first-order chi connectivity index (χ1) is 9.72. The molecule has 1 N–H and O–H groups in total. The molecule has 1 heterocycles. The van der Waals surface area contributed by atoms with E-state index in [2.05, 4.69) is 4.98 Å². The number of hydrogen-bond acceptors (Lipinski definition) is 3. The minimum Gasteiger partial charge on any atom is -0.481 e. The molecule has 20 heavy (non-hydrogen) atoms. The lowest BCUT2D eigenvalue weighted by molar-refractivity contribution is -0.139. The smallest absolute Gasteiger partial charge is 0.311 e. The van der Waals surface area contributed by atoms with Crippen molar-refractivity contribution in [3.63, 3.8) is 0 Å². The van der Waals surface area contributed by atoms with Crippen molar-refractivity contribution in [3.05, 3.63) is 65.5 Å². The van der Waals surface area contributed by atoms with Gasteiger partial charge in [0.1, 0.15) is 0 Å². The van der Waals surface area contributed by atoms with E-state index in [-0.39, 0.29) is 0 Å². The van der Waals surface area contributed by atoms with E-state index in [9.17, 15) is 9.90 Å². The molecule has 0 saturated heterocycles. The molecule has 1 aromatic carbocycles. The molecule has 0 amide bonds. The van der Waals surface area contributed by atoms with Crippen LogP contribution in [0.1, 0.15) is 29.0 Å². The number of carboxylic acid groups (broad SMARTS) is 1. The van der Waals surface area contributed by atoms with Crippen LogP contribution in [-0.2, 0) is 11.2 Å². The molecular formula is C16H14N2O2. The van der Waals surface area contributed by atoms with Crippen molar-refractivity contribution >= 4 is 5.97 Å². The second-order valence-corrected chi connectivity index (χ2v) is 4.49. The van der Waals surface area contributed by atoms with Crippen LogP contribution >= 0.6 is 0 Å². The number of nitrogens with zero attached hydrogens (tertiary/aromatic N) is 2. The maximum Gasteiger partial charge on any atom is 0.311 e. The van der Waals surface area contributed by atoms with E-state index in [1.807, 2.05) is 36.4 Å². The van der Waals surface area contributed by atoms with Crippen molar-refractivity contribution in [1.29, 1.82) is 5.26 Å². The molecule has 0 saturated carbocycles. The van der Waals surface area contributed by atoms with Crippen LogP contribution < -0.4 is 0 Å². The lowest BCUT2D eigenvalue weighted by Crippen LogP contribution is -2.14. The maximum atomic E-state index is 11.5. The average molecular weight is 266 g/mol. The summed E-state index contributed by atoms with van der Waals surface area (Å²) in [5.41, 5.74) is 1.94. The van der Waals surface area contributed by atoms with E-state index in [4.69, 9.17) is 5.26 Å². The van der Waals surface area contributed by atoms with Crippen LogP contribution in [0.3, 0.4) is 0 Å². The van der Waals surface area contributed by atoms with Gasteiger partial charge in [-0.2, -0.15) is 5.26 Å². The summed E-state index contributed by atoms with van der Waals surface area (Å²) in [7, 11) is 0. The number of aromatic nitrogens is 1. The summed E-state index contributed by atoms with van der Waals surface area (Å²) in [5, 5.41) is 18.5. The Kier molecular flexibility index (Phi) is 4.46. The summed E-state index contributed by atoms with van der Waals surface area (Å²) in [5.74, 6) is -1.64. The summed E-state index contributed by atoms with van der Waals surface area (Å²) >= 11 is 0. The third-order valence-corrected chi connectivity index (χ3v) is 3.21. The number of rotatable bonds is 5. The molecule has 1 atom stereocenters. The van der Waals surface area contributed by atoms with Crippen LogP contribution in [0.2, 0.25) is 0 Å². The highest BCUT2D eigenvalue weighted by Gasteiger charge is 2.22. The molecule has 100 valence electrons. The Morgan fingerprint density at radius 3 is 2.70 bits per heavy atom. The molecular weight excluding hydrogens is 252 g/mol. The van der Waals surface area contributed by atoms with E-state index in [0.29, 0.717) is 24.0 Å². The van der Waals surface area contributed by atoms with E-state index >= 15 is 0 Å². The number of carboxylic acids is 1. The molecule has 0 fully saturated rings. The minimum atomic E-state index is -0.926. The quantitative estimate of drug-likeness (QED) is 0.903. The summed E-state index contributed by atoms with van der Waals surface area (Å²) in [6.07, 6.45) is 4.07. The van der Waals surface area contributed by atoms with Gasteiger partial charge in [0.05, 0.1) is 17.6 Å². The zero-order valence-electron chi connectivity index (χ0n) is 10.9. The minimum absolute atomic E-state index is 0.375. The molecule has 4 nitrogen and oxygen atoms in total. The number of aryl methyl sites for hydroxylation is 1. The molecule has 0 bridgehead atoms. The van der Waals surface area contributed by atoms with Crippen molar-refractivity contribution in [2.24, 2.45) is 0 Å². The van der Waals surface area contributed by atoms with E-state index < -0.39 is 11.9 Å². The summed E-state index contributed by atoms with van der Waals surface area (Å²) in [4.78, 5) is 15.4. The monoisotopic (exact) mass is 266 g/mol. The first-order valence-corrected chi connectivity index (χ1v) is 6.33. The van der Waals surface area contributed by atoms with Crippen LogP contribution in [-0.4, -0.2) is 16.1 Å². The fraction of sp³-hybridized carbons (Fsp3) is 0.188. The van der Waals surface area contributed by atoms with Crippen molar-refractivity contribution < 1.29 is 9.90 Å². The lowest BCUT2D eigenvalue weighted by Gasteiger charge is -2.13. The summed E-state index contributed by atoms with van der Waals surface area (Å²) in [6, 6.07) is 13.3. The van der Waals surface area contributed by atoms with Gasteiger partial charge in [-0.25, -0.2) is 0 Å². The Labute approximate surface area is 117 Å². The molecule has 2 rings (SSSR count). The van der Waals surface area contributed by atoms with E-state index in [1.54, 1.807) is 6.07 Å². The molecule has 1 aromatic heterocycles. The Morgan fingerprint density at radius 1 is 1.30 bits per heavy atom. The van der Waals surface area contributed by atoms with E-state index in [1.165, 1.54) is 12.4 Å². The fourth-order valence-corrected chi connectivity index (χ4v) is 2.15. The number of aliphatic carboxylic acids is 1. The highest BCUT2D eigenvalue weighted by atomic mass is 16.4. The molecule has 0 aliphatic carbocycles. The van der Waals surface area contributed by atoms with Crippen LogP contribution in [0.5, 0.6) is 0 Å². The highest BCUT2D eigenvalue weighted by molar-refractivity contribution is 5.77. The molecule has 0 aliphatic rings. The summed E-state index contributed by atoms with van der Waals surface area (Å²) in [6.45, 7) is 0. The number of carbonyl (C=O) groups is 1. The molecule has 0 radical (unpaired) electrons. The van der Waals surface area contributed by atoms with Gasteiger partial charge in [-0.1, -0.05) is 30.3 Å². The van der Waals surface area contributed by atoms with Crippen molar-refractivity contribution in [1.82, 2.24) is 4.98 Å². The van der Waals surface area contributed by atoms with Gasteiger partial charge in [0, 0.05) is 18.0 Å². The van der Waals surface area contributed by atoms with Gasteiger partial charge >= 0.3 is 5.97 Å². The standard InChI is InChI=1S/C16H14N2O2/c17-10-13-8-9-18-11-15(13)14(16(19)20)7-6-12-4-2-1-3-5-12/h1-5,8-9,11,14H,6-7H2,(H,19,20). The second kappa shape index (κ2) is 6.48. The molecule has 0 aliphatic heterocycles. The molecule has 2 aromatic rings. The second-order valence-electron chi connectivity index (χ2n) is 4.49. The maximum absolute atomic E-state index is 11.5. The highest BCUT2D eigenvalue weighted by Crippen LogP contribution is 2.24. The number of nitriles is 1. The number of pyridine rings is 1. The van der Waals surface area contributed by atoms with Gasteiger partial charge in [0.2, 0.25) is 0 Å². The Balaban J connectivity index is 2.20. The van der Waals surface area contributed by atoms with Crippen LogP contribution in [0.15, 0.2) is 48.8 Å². The summed E-state index contributed by atoms with van der Waals surface area (Å²) < 4.78 is 0. The predicted octanol–water partition coefficient (Wildman–Crippen LogP) is 2.75. The largest absolute Gasteiger partial charge is 0.481 e. The molecule has 4 heteroatoms. The third-order valence-electron chi connectivity index (χ3n) is 3.21. The zero-order valence-corrected chi connectivity index (χ0v) is 10.9. The van der Waals surface area contributed by atoms with Gasteiger partial charge in [-0.05, 0) is 24.5 Å². The lowest BCUT2D eigenvalue weighted by atomic mass is 9.91. The van der Waals surface area contributed by atoms with Gasteiger partial charge in [-0.15, -0.1) is 0 Å². The van der Waals surface area contributed by atoms with Crippen molar-refractivity contribution in [2.45, 2.75) is 18.8 Å². The van der Waals surface area contributed by atoms with Gasteiger partial charge in [0.25, 0.3) is 0 Å². The zero-order chi connectivity index (χ0) is 14.4. The molecule has 0 spiro atoms. The van der Waals surface area contributed by atoms with Crippen LogP contribution in [0.25, 0.3) is 0 Å². The predicted molar refractivity (Wildman–Crippen MR) is 74.1 cm³/mol. The van der Waals surface area contributed by atoms with Gasteiger partial charge in [-0.3, -0.25) is 9.78 Å². The fourth-order valence-electron chi connectivity index (χ4n) is 2.15. The number of hydrogen-bond donors (Lipinski definition) is 1. The Bertz CT molecular complexity index is 632. The van der Waals surface area contributed by atoms with Gasteiger partial charge < -0.3 is 5.11 Å². The van der Waals surface area contributed by atoms with Gasteiger partial charge in [0.15, 0.2) is 0 Å². The van der Waals surface area contributed by atoms with Crippen molar-refractivity contribution in [2.75, 3.05) is 0 Å². The number of benzene rings is 1. The molecule has 1 unspecified atom stereocenters. The Hall–Kier alpha value is -2.67. The Morgan fingerprint density at radius 2 is 2.05 bits per heavy atom. The average Bonchev–Trinajstić information content (AvgIpc) is 2.48. The third kappa shape index (κ3) is 3.21. The normalized spacial score (nSPS) is 11.6. The van der Waals surface area contributed by atoms with Crippen molar-refractivity contribution in [3.8, 4) is 6.07 Å². The topological polar surface area (TPSA) is 74.0 Å². The van der Waals surface area contributed by atoms with Crippen LogP contribution in [0.4, 0.5) is 0 Å². The van der Waals surface area contributed by atoms with E-state index in [0.717, 1.165) is 5.56 Å². The first-order valence-electron chi connectivity index (χ1n) is 6.33. The first kappa shape index (κ1) is 13.8. The SMILES string of the molecule is N#Cc1ccncc1C(CCc1ccccc1)C(=O)O. The van der Waals surface area contributed by atoms with Crippen LogP contribution in [0, 0.1) is 11.3 Å².